The Labute approximate surface area is 151 Å². The van der Waals surface area contributed by atoms with E-state index in [1.165, 1.54) is 5.56 Å². The highest BCUT2D eigenvalue weighted by Gasteiger charge is 2.22. The Morgan fingerprint density at radius 2 is 1.52 bits per heavy atom. The highest BCUT2D eigenvalue weighted by Crippen LogP contribution is 2.21. The normalized spacial score (nSPS) is 13.2. The zero-order chi connectivity index (χ0) is 18.4. The van der Waals surface area contributed by atoms with Crippen LogP contribution in [0.2, 0.25) is 0 Å². The summed E-state index contributed by atoms with van der Waals surface area (Å²) in [4.78, 5) is 12.7. The Hall–Kier alpha value is -2.29. The van der Waals surface area contributed by atoms with Gasteiger partial charge in [0.15, 0.2) is 6.10 Å². The van der Waals surface area contributed by atoms with Crippen molar-refractivity contribution in [3.63, 3.8) is 0 Å². The van der Waals surface area contributed by atoms with Crippen molar-refractivity contribution in [1.29, 1.82) is 0 Å². The molecule has 0 aromatic heterocycles. The standard InChI is InChI=1S/C22H29NO2/c1-6-20(18-10-8-15(3)9-11-18)23-22(24)21(7-2)25-19-13-16(4)12-17(5)14-19/h8-14,20-21H,6-7H2,1-5H3,(H,23,24)/t20-,21-/m1/s1. The van der Waals surface area contributed by atoms with E-state index in [9.17, 15) is 4.79 Å². The average molecular weight is 339 g/mol. The third kappa shape index (κ3) is 5.35. The van der Waals surface area contributed by atoms with Gasteiger partial charge in [-0.25, -0.2) is 0 Å². The average Bonchev–Trinajstić information content (AvgIpc) is 2.57. The molecule has 3 nitrogen and oxygen atoms in total. The number of benzene rings is 2. The van der Waals surface area contributed by atoms with Crippen LogP contribution in [0.3, 0.4) is 0 Å². The monoisotopic (exact) mass is 339 g/mol. The molecular formula is C22H29NO2. The van der Waals surface area contributed by atoms with Gasteiger partial charge in [0, 0.05) is 0 Å². The van der Waals surface area contributed by atoms with Crippen LogP contribution in [-0.2, 0) is 4.79 Å². The summed E-state index contributed by atoms with van der Waals surface area (Å²) in [6, 6.07) is 14.4. The number of amides is 1. The smallest absolute Gasteiger partial charge is 0.261 e. The van der Waals surface area contributed by atoms with Crippen LogP contribution in [0.25, 0.3) is 0 Å². The molecule has 0 aliphatic carbocycles. The minimum Gasteiger partial charge on any atom is -0.481 e. The van der Waals surface area contributed by atoms with Crippen LogP contribution in [-0.4, -0.2) is 12.0 Å². The van der Waals surface area contributed by atoms with E-state index in [1.54, 1.807) is 0 Å². The summed E-state index contributed by atoms with van der Waals surface area (Å²) in [6.45, 7) is 10.2. The molecule has 1 amide bonds. The SMILES string of the molecule is CC[C@@H](Oc1cc(C)cc(C)c1)C(=O)N[C@H](CC)c1ccc(C)cc1. The maximum atomic E-state index is 12.7. The Morgan fingerprint density at radius 1 is 0.920 bits per heavy atom. The zero-order valence-electron chi connectivity index (χ0n) is 15.9. The Bertz CT molecular complexity index is 686. The Kier molecular flexibility index (Phi) is 6.63. The lowest BCUT2D eigenvalue weighted by atomic mass is 10.0. The van der Waals surface area contributed by atoms with Gasteiger partial charge in [-0.3, -0.25) is 4.79 Å². The summed E-state index contributed by atoms with van der Waals surface area (Å²) in [5.74, 6) is 0.692. The molecule has 1 N–H and O–H groups in total. The first kappa shape index (κ1) is 19.0. The van der Waals surface area contributed by atoms with Crippen molar-refractivity contribution in [2.24, 2.45) is 0 Å². The topological polar surface area (TPSA) is 38.3 Å². The summed E-state index contributed by atoms with van der Waals surface area (Å²) in [5.41, 5.74) is 4.62. The maximum Gasteiger partial charge on any atom is 0.261 e. The largest absolute Gasteiger partial charge is 0.481 e. The third-order valence-corrected chi connectivity index (χ3v) is 4.34. The zero-order valence-corrected chi connectivity index (χ0v) is 15.9. The van der Waals surface area contributed by atoms with Crippen LogP contribution in [0.15, 0.2) is 42.5 Å². The van der Waals surface area contributed by atoms with Crippen molar-refractivity contribution in [2.75, 3.05) is 0 Å². The van der Waals surface area contributed by atoms with Gasteiger partial charge in [0.2, 0.25) is 0 Å². The molecule has 0 fully saturated rings. The minimum absolute atomic E-state index is 0.00463. The first-order valence-electron chi connectivity index (χ1n) is 9.04. The molecular weight excluding hydrogens is 310 g/mol. The molecule has 2 atom stereocenters. The van der Waals surface area contributed by atoms with E-state index in [0.29, 0.717) is 6.42 Å². The first-order valence-corrected chi connectivity index (χ1v) is 9.04. The molecule has 25 heavy (non-hydrogen) atoms. The van der Waals surface area contributed by atoms with Crippen LogP contribution >= 0.6 is 0 Å². The number of nitrogens with one attached hydrogen (secondary N) is 1. The quantitative estimate of drug-likeness (QED) is 0.768. The van der Waals surface area contributed by atoms with Crippen molar-refractivity contribution in [2.45, 2.75) is 59.6 Å². The van der Waals surface area contributed by atoms with Gasteiger partial charge >= 0.3 is 0 Å². The fourth-order valence-corrected chi connectivity index (χ4v) is 2.97. The van der Waals surface area contributed by atoms with Crippen LogP contribution in [0.4, 0.5) is 0 Å². The van der Waals surface area contributed by atoms with Gasteiger partial charge in [0.25, 0.3) is 5.91 Å². The summed E-state index contributed by atoms with van der Waals surface area (Å²) < 4.78 is 5.98. The van der Waals surface area contributed by atoms with E-state index >= 15 is 0 Å². The van der Waals surface area contributed by atoms with Crippen molar-refractivity contribution >= 4 is 5.91 Å². The highest BCUT2D eigenvalue weighted by atomic mass is 16.5. The fourth-order valence-electron chi connectivity index (χ4n) is 2.97. The number of hydrogen-bond donors (Lipinski definition) is 1. The molecule has 2 aromatic carbocycles. The molecule has 0 aliphatic heterocycles. The predicted molar refractivity (Wildman–Crippen MR) is 103 cm³/mol. The van der Waals surface area contributed by atoms with E-state index in [4.69, 9.17) is 4.74 Å². The van der Waals surface area contributed by atoms with Gasteiger partial charge in [-0.2, -0.15) is 0 Å². The first-order chi connectivity index (χ1) is 11.9. The molecule has 2 rings (SSSR count). The summed E-state index contributed by atoms with van der Waals surface area (Å²) in [6.07, 6.45) is 0.985. The molecule has 3 heteroatoms. The molecule has 2 aromatic rings. The second-order valence-corrected chi connectivity index (χ2v) is 6.72. The Morgan fingerprint density at radius 3 is 2.04 bits per heavy atom. The van der Waals surface area contributed by atoms with Crippen LogP contribution in [0, 0.1) is 20.8 Å². The van der Waals surface area contributed by atoms with E-state index < -0.39 is 6.10 Å². The van der Waals surface area contributed by atoms with Crippen molar-refractivity contribution in [3.8, 4) is 5.75 Å². The molecule has 134 valence electrons. The second-order valence-electron chi connectivity index (χ2n) is 6.72. The minimum atomic E-state index is -0.485. The van der Waals surface area contributed by atoms with Crippen LogP contribution in [0.5, 0.6) is 5.75 Å². The third-order valence-electron chi connectivity index (χ3n) is 4.34. The second kappa shape index (κ2) is 8.70. The predicted octanol–water partition coefficient (Wildman–Crippen LogP) is 5.04. The number of carbonyl (C=O) groups is 1. The summed E-state index contributed by atoms with van der Waals surface area (Å²) >= 11 is 0. The summed E-state index contributed by atoms with van der Waals surface area (Å²) in [7, 11) is 0. The van der Waals surface area contributed by atoms with Crippen molar-refractivity contribution in [1.82, 2.24) is 5.32 Å². The number of rotatable bonds is 7. The fraction of sp³-hybridized carbons (Fsp3) is 0.409. The molecule has 0 spiro atoms. The lowest BCUT2D eigenvalue weighted by molar-refractivity contribution is -0.128. The highest BCUT2D eigenvalue weighted by molar-refractivity contribution is 5.81. The van der Waals surface area contributed by atoms with E-state index in [0.717, 1.165) is 28.9 Å². The lowest BCUT2D eigenvalue weighted by Gasteiger charge is -2.23. The summed E-state index contributed by atoms with van der Waals surface area (Å²) in [5, 5.41) is 3.14. The van der Waals surface area contributed by atoms with E-state index in [-0.39, 0.29) is 11.9 Å². The van der Waals surface area contributed by atoms with Gasteiger partial charge < -0.3 is 10.1 Å². The molecule has 0 unspecified atom stereocenters. The van der Waals surface area contributed by atoms with Gasteiger partial charge in [-0.15, -0.1) is 0 Å². The lowest BCUT2D eigenvalue weighted by Crippen LogP contribution is -2.40. The van der Waals surface area contributed by atoms with E-state index in [2.05, 4.69) is 49.5 Å². The van der Waals surface area contributed by atoms with Gasteiger partial charge in [-0.1, -0.05) is 49.7 Å². The molecule has 0 saturated heterocycles. The number of aryl methyl sites for hydroxylation is 3. The maximum absolute atomic E-state index is 12.7. The van der Waals surface area contributed by atoms with Crippen molar-refractivity contribution < 1.29 is 9.53 Å². The van der Waals surface area contributed by atoms with Gasteiger partial charge in [-0.05, 0) is 62.4 Å². The van der Waals surface area contributed by atoms with Crippen molar-refractivity contribution in [3.05, 3.63) is 64.7 Å². The number of ether oxygens (including phenoxy) is 1. The van der Waals surface area contributed by atoms with Crippen LogP contribution in [0.1, 0.15) is 55.0 Å². The molecule has 0 aliphatic rings. The molecule has 0 bridgehead atoms. The molecule has 0 radical (unpaired) electrons. The van der Waals surface area contributed by atoms with Gasteiger partial charge in [0.1, 0.15) is 5.75 Å². The Balaban J connectivity index is 2.08. The number of hydrogen-bond acceptors (Lipinski definition) is 2. The molecule has 0 saturated carbocycles. The van der Waals surface area contributed by atoms with Crippen LogP contribution < -0.4 is 10.1 Å². The number of carbonyl (C=O) groups excluding carboxylic acids is 1. The van der Waals surface area contributed by atoms with Gasteiger partial charge in [0.05, 0.1) is 6.04 Å². The molecule has 0 heterocycles. The van der Waals surface area contributed by atoms with E-state index in [1.807, 2.05) is 32.9 Å².